The summed E-state index contributed by atoms with van der Waals surface area (Å²) in [7, 11) is 1.55. The van der Waals surface area contributed by atoms with Crippen molar-refractivity contribution in [1.82, 2.24) is 4.98 Å². The molecule has 0 aliphatic heterocycles. The van der Waals surface area contributed by atoms with Gasteiger partial charge in [0.15, 0.2) is 5.78 Å². The Kier molecular flexibility index (Phi) is 2.68. The Hall–Kier alpha value is -1.42. The predicted octanol–water partition coefficient (Wildman–Crippen LogP) is 1.40. The first kappa shape index (κ1) is 11.1. The van der Waals surface area contributed by atoms with E-state index in [0.29, 0.717) is 17.2 Å². The summed E-state index contributed by atoms with van der Waals surface area (Å²) < 4.78 is 5.04. The van der Waals surface area contributed by atoms with Crippen LogP contribution in [0, 0.1) is 5.92 Å². The van der Waals surface area contributed by atoms with E-state index >= 15 is 0 Å². The molecule has 0 bridgehead atoms. The van der Waals surface area contributed by atoms with Crippen LogP contribution in [0.3, 0.4) is 0 Å². The van der Waals surface area contributed by atoms with Crippen LogP contribution in [0.4, 0.5) is 0 Å². The molecule has 16 heavy (non-hydrogen) atoms. The minimum atomic E-state index is -0.770. The number of carbonyl (C=O) groups excluding carboxylic acids is 1. The first-order valence-corrected chi connectivity index (χ1v) is 5.38. The molecule has 0 aromatic carbocycles. The van der Waals surface area contributed by atoms with E-state index in [4.69, 9.17) is 10.5 Å². The van der Waals surface area contributed by atoms with Gasteiger partial charge >= 0.3 is 0 Å². The number of Topliss-reactive ketones (excluding diaryl/α,β-unsaturated/α-hetero) is 1. The first-order valence-electron chi connectivity index (χ1n) is 5.38. The molecule has 2 N–H and O–H groups in total. The summed E-state index contributed by atoms with van der Waals surface area (Å²) >= 11 is 0. The quantitative estimate of drug-likeness (QED) is 0.779. The maximum absolute atomic E-state index is 12.2. The van der Waals surface area contributed by atoms with E-state index in [1.165, 1.54) is 0 Å². The summed E-state index contributed by atoms with van der Waals surface area (Å²) in [5.74, 6) is 0.838. The maximum Gasteiger partial charge on any atom is 0.184 e. The zero-order chi connectivity index (χ0) is 11.8. The van der Waals surface area contributed by atoms with Crippen LogP contribution in [0.2, 0.25) is 0 Å². The molecule has 1 aromatic heterocycles. The molecule has 4 nitrogen and oxygen atoms in total. The van der Waals surface area contributed by atoms with Gasteiger partial charge in [0.2, 0.25) is 0 Å². The summed E-state index contributed by atoms with van der Waals surface area (Å²) in [5.41, 5.74) is 5.83. The van der Waals surface area contributed by atoms with Crippen molar-refractivity contribution < 1.29 is 9.53 Å². The summed E-state index contributed by atoms with van der Waals surface area (Å²) in [6, 6.07) is 1.68. The highest BCUT2D eigenvalue weighted by Crippen LogP contribution is 2.39. The monoisotopic (exact) mass is 220 g/mol. The number of rotatable bonds is 4. The van der Waals surface area contributed by atoms with Crippen LogP contribution >= 0.6 is 0 Å². The van der Waals surface area contributed by atoms with Gasteiger partial charge in [-0.2, -0.15) is 0 Å². The third kappa shape index (κ3) is 1.93. The number of nitrogens with zero attached hydrogens (tertiary/aromatic N) is 1. The molecule has 0 saturated heterocycles. The molecular formula is C12H16N2O2. The lowest BCUT2D eigenvalue weighted by atomic mass is 9.88. The molecule has 0 amide bonds. The number of hydrogen-bond donors (Lipinski definition) is 1. The van der Waals surface area contributed by atoms with Gasteiger partial charge < -0.3 is 10.5 Å². The van der Waals surface area contributed by atoms with Crippen molar-refractivity contribution in [2.24, 2.45) is 11.7 Å². The van der Waals surface area contributed by atoms with Crippen LogP contribution < -0.4 is 10.5 Å². The Balaban J connectivity index is 2.25. The van der Waals surface area contributed by atoms with E-state index in [1.54, 1.807) is 32.5 Å². The molecule has 1 aliphatic carbocycles. The number of nitrogens with two attached hydrogens (primary N) is 1. The molecule has 4 heteroatoms. The van der Waals surface area contributed by atoms with Crippen molar-refractivity contribution in [3.8, 4) is 5.75 Å². The van der Waals surface area contributed by atoms with Gasteiger partial charge in [-0.05, 0) is 31.7 Å². The van der Waals surface area contributed by atoms with E-state index in [1.807, 2.05) is 0 Å². The minimum Gasteiger partial charge on any atom is -0.495 e. The fourth-order valence-electron chi connectivity index (χ4n) is 1.83. The highest BCUT2D eigenvalue weighted by Gasteiger charge is 2.44. The van der Waals surface area contributed by atoms with E-state index < -0.39 is 5.54 Å². The van der Waals surface area contributed by atoms with Crippen molar-refractivity contribution >= 4 is 5.78 Å². The second-order valence-electron chi connectivity index (χ2n) is 4.50. The highest BCUT2D eigenvalue weighted by atomic mass is 16.5. The van der Waals surface area contributed by atoms with E-state index in [0.717, 1.165) is 12.8 Å². The highest BCUT2D eigenvalue weighted by molar-refractivity contribution is 6.03. The number of aromatic nitrogens is 1. The molecule has 1 saturated carbocycles. The largest absolute Gasteiger partial charge is 0.495 e. The SMILES string of the molecule is COc1cncc(C(=O)C(C)(N)C2CC2)c1. The number of methoxy groups -OCH3 is 1. The number of ketones is 1. The Morgan fingerprint density at radius 3 is 2.81 bits per heavy atom. The van der Waals surface area contributed by atoms with Crippen LogP contribution in [0.15, 0.2) is 18.5 Å². The molecule has 1 aromatic rings. The van der Waals surface area contributed by atoms with Crippen LogP contribution in [-0.2, 0) is 0 Å². The lowest BCUT2D eigenvalue weighted by molar-refractivity contribution is 0.0882. The number of pyridine rings is 1. The van der Waals surface area contributed by atoms with Gasteiger partial charge in [-0.3, -0.25) is 9.78 Å². The van der Waals surface area contributed by atoms with Gasteiger partial charge in [0.05, 0.1) is 18.8 Å². The molecule has 1 aliphatic rings. The molecular weight excluding hydrogens is 204 g/mol. The zero-order valence-corrected chi connectivity index (χ0v) is 9.56. The van der Waals surface area contributed by atoms with E-state index in [-0.39, 0.29) is 5.78 Å². The van der Waals surface area contributed by atoms with Gasteiger partial charge in [-0.15, -0.1) is 0 Å². The van der Waals surface area contributed by atoms with Gasteiger partial charge in [0.25, 0.3) is 0 Å². The summed E-state index contributed by atoms with van der Waals surface area (Å²) in [4.78, 5) is 16.2. The second-order valence-corrected chi connectivity index (χ2v) is 4.50. The summed E-state index contributed by atoms with van der Waals surface area (Å²) in [6.45, 7) is 1.80. The Bertz CT molecular complexity index is 411. The fourth-order valence-corrected chi connectivity index (χ4v) is 1.83. The number of hydrogen-bond acceptors (Lipinski definition) is 4. The maximum atomic E-state index is 12.2. The first-order chi connectivity index (χ1) is 7.55. The molecule has 2 rings (SSSR count). The van der Waals surface area contributed by atoms with Crippen molar-refractivity contribution in [2.45, 2.75) is 25.3 Å². The van der Waals surface area contributed by atoms with Crippen molar-refractivity contribution in [1.29, 1.82) is 0 Å². The Labute approximate surface area is 94.8 Å². The number of ether oxygens (including phenoxy) is 1. The van der Waals surface area contributed by atoms with Crippen molar-refractivity contribution in [2.75, 3.05) is 7.11 Å². The third-order valence-electron chi connectivity index (χ3n) is 3.13. The van der Waals surface area contributed by atoms with Gasteiger partial charge in [0.1, 0.15) is 5.75 Å². The minimum absolute atomic E-state index is 0.0543. The van der Waals surface area contributed by atoms with Crippen LogP contribution in [0.25, 0.3) is 0 Å². The smallest absolute Gasteiger partial charge is 0.184 e. The summed E-state index contributed by atoms with van der Waals surface area (Å²) in [6.07, 6.45) is 5.19. The summed E-state index contributed by atoms with van der Waals surface area (Å²) in [5, 5.41) is 0. The van der Waals surface area contributed by atoms with Crippen LogP contribution in [0.1, 0.15) is 30.1 Å². The predicted molar refractivity (Wildman–Crippen MR) is 60.4 cm³/mol. The number of carbonyl (C=O) groups is 1. The second kappa shape index (κ2) is 3.87. The molecule has 86 valence electrons. The van der Waals surface area contributed by atoms with Gasteiger partial charge in [-0.25, -0.2) is 0 Å². The molecule has 1 atom stereocenters. The topological polar surface area (TPSA) is 65.2 Å². The van der Waals surface area contributed by atoms with Crippen LogP contribution in [0.5, 0.6) is 5.75 Å². The van der Waals surface area contributed by atoms with Gasteiger partial charge in [0, 0.05) is 11.8 Å². The molecule has 1 heterocycles. The van der Waals surface area contributed by atoms with Crippen molar-refractivity contribution in [3.63, 3.8) is 0 Å². The fraction of sp³-hybridized carbons (Fsp3) is 0.500. The van der Waals surface area contributed by atoms with Gasteiger partial charge in [-0.1, -0.05) is 0 Å². The lowest BCUT2D eigenvalue weighted by Gasteiger charge is -2.22. The molecule has 1 unspecified atom stereocenters. The van der Waals surface area contributed by atoms with Crippen LogP contribution in [-0.4, -0.2) is 23.4 Å². The van der Waals surface area contributed by atoms with E-state index in [9.17, 15) is 4.79 Å². The normalized spacial score (nSPS) is 18.9. The molecule has 0 radical (unpaired) electrons. The van der Waals surface area contributed by atoms with E-state index in [2.05, 4.69) is 4.98 Å². The molecule has 1 fully saturated rings. The molecule has 0 spiro atoms. The Morgan fingerprint density at radius 1 is 1.56 bits per heavy atom. The lowest BCUT2D eigenvalue weighted by Crippen LogP contribution is -2.47. The third-order valence-corrected chi connectivity index (χ3v) is 3.13. The zero-order valence-electron chi connectivity index (χ0n) is 9.56. The standard InChI is InChI=1S/C12H16N2O2/c1-12(13,9-3-4-9)11(15)8-5-10(16-2)7-14-6-8/h5-7,9H,3-4,13H2,1-2H3. The Morgan fingerprint density at radius 2 is 2.25 bits per heavy atom. The average Bonchev–Trinajstić information content (AvgIpc) is 3.12. The average molecular weight is 220 g/mol. The van der Waals surface area contributed by atoms with Crippen molar-refractivity contribution in [3.05, 3.63) is 24.0 Å².